The monoisotopic (exact) mass is 398 g/mol. The summed E-state index contributed by atoms with van der Waals surface area (Å²) in [4.78, 5) is 12.3. The van der Waals surface area contributed by atoms with Crippen molar-refractivity contribution in [3.63, 3.8) is 0 Å². The SMILES string of the molecule is CCN(CC)S(=O)(=O)c1ccc(OC)c(NC(=O)c2cc(F)ccc2F)c1. The van der Waals surface area contributed by atoms with E-state index in [0.717, 1.165) is 18.2 Å². The highest BCUT2D eigenvalue weighted by atomic mass is 32.2. The van der Waals surface area contributed by atoms with Gasteiger partial charge in [0.25, 0.3) is 5.91 Å². The fourth-order valence-corrected chi connectivity index (χ4v) is 4.00. The highest BCUT2D eigenvalue weighted by Crippen LogP contribution is 2.29. The van der Waals surface area contributed by atoms with Gasteiger partial charge in [0.2, 0.25) is 10.0 Å². The van der Waals surface area contributed by atoms with Crippen molar-refractivity contribution in [1.29, 1.82) is 0 Å². The molecule has 0 heterocycles. The van der Waals surface area contributed by atoms with Crippen molar-refractivity contribution in [2.45, 2.75) is 18.7 Å². The Labute approximate surface area is 156 Å². The van der Waals surface area contributed by atoms with Gasteiger partial charge in [-0.1, -0.05) is 13.8 Å². The summed E-state index contributed by atoms with van der Waals surface area (Å²) in [6, 6.07) is 6.45. The van der Waals surface area contributed by atoms with Crippen LogP contribution in [-0.2, 0) is 10.0 Å². The summed E-state index contributed by atoms with van der Waals surface area (Å²) in [5, 5.41) is 2.38. The Morgan fingerprint density at radius 3 is 2.37 bits per heavy atom. The Kier molecular flexibility index (Phi) is 6.50. The first-order valence-electron chi connectivity index (χ1n) is 8.19. The van der Waals surface area contributed by atoms with E-state index in [-0.39, 0.29) is 29.4 Å². The first-order valence-corrected chi connectivity index (χ1v) is 9.63. The lowest BCUT2D eigenvalue weighted by Crippen LogP contribution is -2.30. The second kappa shape index (κ2) is 8.45. The highest BCUT2D eigenvalue weighted by molar-refractivity contribution is 7.89. The average molecular weight is 398 g/mol. The van der Waals surface area contributed by atoms with Gasteiger partial charge in [0, 0.05) is 13.1 Å². The van der Waals surface area contributed by atoms with Crippen LogP contribution in [0.4, 0.5) is 14.5 Å². The molecule has 6 nitrogen and oxygen atoms in total. The molecule has 0 aromatic heterocycles. The number of benzene rings is 2. The number of carbonyl (C=O) groups excluding carboxylic acids is 1. The lowest BCUT2D eigenvalue weighted by atomic mass is 10.2. The smallest absolute Gasteiger partial charge is 0.258 e. The van der Waals surface area contributed by atoms with Crippen LogP contribution in [0.15, 0.2) is 41.3 Å². The Morgan fingerprint density at radius 2 is 1.78 bits per heavy atom. The van der Waals surface area contributed by atoms with Crippen molar-refractivity contribution >= 4 is 21.6 Å². The van der Waals surface area contributed by atoms with Gasteiger partial charge in [0.1, 0.15) is 17.4 Å². The van der Waals surface area contributed by atoms with Gasteiger partial charge in [-0.2, -0.15) is 4.31 Å². The van der Waals surface area contributed by atoms with E-state index in [0.29, 0.717) is 0 Å². The van der Waals surface area contributed by atoms with Gasteiger partial charge in [-0.05, 0) is 36.4 Å². The third-order valence-corrected chi connectivity index (χ3v) is 5.98. The lowest BCUT2D eigenvalue weighted by molar-refractivity contribution is 0.102. The molecule has 27 heavy (non-hydrogen) atoms. The molecule has 0 atom stereocenters. The highest BCUT2D eigenvalue weighted by Gasteiger charge is 2.24. The molecule has 0 saturated carbocycles. The molecule has 0 unspecified atom stereocenters. The molecule has 0 spiro atoms. The maximum atomic E-state index is 13.8. The van der Waals surface area contributed by atoms with Crippen molar-refractivity contribution in [3.8, 4) is 5.75 Å². The van der Waals surface area contributed by atoms with E-state index in [4.69, 9.17) is 4.74 Å². The van der Waals surface area contributed by atoms with Gasteiger partial charge in [0.15, 0.2) is 0 Å². The topological polar surface area (TPSA) is 75.7 Å². The van der Waals surface area contributed by atoms with E-state index in [1.54, 1.807) is 13.8 Å². The van der Waals surface area contributed by atoms with Crippen LogP contribution in [0.1, 0.15) is 24.2 Å². The van der Waals surface area contributed by atoms with E-state index in [1.807, 2.05) is 0 Å². The Balaban J connectivity index is 2.44. The van der Waals surface area contributed by atoms with Crippen LogP contribution >= 0.6 is 0 Å². The molecule has 0 aliphatic carbocycles. The third kappa shape index (κ3) is 4.42. The number of nitrogens with one attached hydrogen (secondary N) is 1. The molecule has 0 bridgehead atoms. The normalized spacial score (nSPS) is 11.5. The number of hydrogen-bond acceptors (Lipinski definition) is 4. The molecule has 9 heteroatoms. The van der Waals surface area contributed by atoms with E-state index in [9.17, 15) is 22.0 Å². The summed E-state index contributed by atoms with van der Waals surface area (Å²) in [6.07, 6.45) is 0. The quantitative estimate of drug-likeness (QED) is 0.777. The predicted octanol–water partition coefficient (Wildman–Crippen LogP) is 3.26. The van der Waals surface area contributed by atoms with Crippen molar-refractivity contribution in [2.24, 2.45) is 0 Å². The molecule has 1 amide bonds. The van der Waals surface area contributed by atoms with Crippen LogP contribution in [0.5, 0.6) is 5.75 Å². The maximum absolute atomic E-state index is 13.8. The van der Waals surface area contributed by atoms with E-state index in [2.05, 4.69) is 5.32 Å². The molecule has 2 aromatic rings. The summed E-state index contributed by atoms with van der Waals surface area (Å²) in [6.45, 7) is 3.97. The molecule has 1 N–H and O–H groups in total. The molecule has 146 valence electrons. The standard InChI is InChI=1S/C18H20F2N2O4S/c1-4-22(5-2)27(24,25)13-7-9-17(26-3)16(11-13)21-18(23)14-10-12(19)6-8-15(14)20/h6-11H,4-5H2,1-3H3,(H,21,23). The van der Waals surface area contributed by atoms with Gasteiger partial charge in [-0.25, -0.2) is 17.2 Å². The number of anilines is 1. The summed E-state index contributed by atoms with van der Waals surface area (Å²) < 4.78 is 58.8. The number of rotatable bonds is 7. The van der Waals surface area contributed by atoms with Crippen LogP contribution in [0.25, 0.3) is 0 Å². The number of hydrogen-bond donors (Lipinski definition) is 1. The Morgan fingerprint density at radius 1 is 1.11 bits per heavy atom. The van der Waals surface area contributed by atoms with E-state index in [1.165, 1.54) is 29.6 Å². The fraction of sp³-hybridized carbons (Fsp3) is 0.278. The molecule has 0 radical (unpaired) electrons. The maximum Gasteiger partial charge on any atom is 0.258 e. The molecule has 0 aliphatic heterocycles. The number of ether oxygens (including phenoxy) is 1. The first-order chi connectivity index (χ1) is 12.7. The minimum atomic E-state index is -3.77. The van der Waals surface area contributed by atoms with Crippen LogP contribution in [0.3, 0.4) is 0 Å². The van der Waals surface area contributed by atoms with Crippen LogP contribution in [-0.4, -0.2) is 38.8 Å². The number of carbonyl (C=O) groups is 1. The molecule has 0 saturated heterocycles. The van der Waals surface area contributed by atoms with Crippen LogP contribution in [0.2, 0.25) is 0 Å². The van der Waals surface area contributed by atoms with Crippen LogP contribution in [0, 0.1) is 11.6 Å². The minimum absolute atomic E-state index is 0.0272. The summed E-state index contributed by atoms with van der Waals surface area (Å²) >= 11 is 0. The van der Waals surface area contributed by atoms with Gasteiger partial charge < -0.3 is 10.1 Å². The zero-order valence-corrected chi connectivity index (χ0v) is 15.9. The van der Waals surface area contributed by atoms with Gasteiger partial charge in [-0.3, -0.25) is 4.79 Å². The van der Waals surface area contributed by atoms with Crippen molar-refractivity contribution in [3.05, 3.63) is 53.6 Å². The van der Waals surface area contributed by atoms with Gasteiger partial charge >= 0.3 is 0 Å². The zero-order valence-electron chi connectivity index (χ0n) is 15.1. The second-order valence-corrected chi connectivity index (χ2v) is 7.47. The van der Waals surface area contributed by atoms with Crippen molar-refractivity contribution in [1.82, 2.24) is 4.31 Å². The fourth-order valence-electron chi connectivity index (χ4n) is 2.52. The third-order valence-electron chi connectivity index (χ3n) is 3.94. The second-order valence-electron chi connectivity index (χ2n) is 5.53. The first kappa shape index (κ1) is 20.8. The minimum Gasteiger partial charge on any atom is -0.495 e. The number of sulfonamides is 1. The molecule has 0 fully saturated rings. The summed E-state index contributed by atoms with van der Waals surface area (Å²) in [7, 11) is -2.43. The molecule has 0 aliphatic rings. The molecule has 2 aromatic carbocycles. The number of methoxy groups -OCH3 is 1. The lowest BCUT2D eigenvalue weighted by Gasteiger charge is -2.19. The summed E-state index contributed by atoms with van der Waals surface area (Å²) in [5.74, 6) is -2.42. The van der Waals surface area contributed by atoms with Gasteiger partial charge in [-0.15, -0.1) is 0 Å². The van der Waals surface area contributed by atoms with Crippen LogP contribution < -0.4 is 10.1 Å². The summed E-state index contributed by atoms with van der Waals surface area (Å²) in [5.41, 5.74) is -0.478. The van der Waals surface area contributed by atoms with Crippen molar-refractivity contribution in [2.75, 3.05) is 25.5 Å². The molecular weight excluding hydrogens is 378 g/mol. The average Bonchev–Trinajstić information content (AvgIpc) is 2.64. The van der Waals surface area contributed by atoms with E-state index >= 15 is 0 Å². The predicted molar refractivity (Wildman–Crippen MR) is 97.4 cm³/mol. The molecule has 2 rings (SSSR count). The molecular formula is C18H20F2N2O4S. The Bertz CT molecular complexity index is 944. The number of nitrogens with zero attached hydrogens (tertiary/aromatic N) is 1. The van der Waals surface area contributed by atoms with E-state index < -0.39 is 33.1 Å². The van der Waals surface area contributed by atoms with Gasteiger partial charge in [0.05, 0.1) is 23.3 Å². The largest absolute Gasteiger partial charge is 0.495 e. The zero-order chi connectivity index (χ0) is 20.2. The van der Waals surface area contributed by atoms with Crippen molar-refractivity contribution < 1.29 is 26.7 Å². The number of amides is 1. The Hall–Kier alpha value is -2.52. The number of halogens is 2.